The van der Waals surface area contributed by atoms with Gasteiger partial charge in [-0.15, -0.1) is 0 Å². The maximum atomic E-state index is 9.65. The van der Waals surface area contributed by atoms with E-state index in [-0.39, 0.29) is 6.10 Å². The largest absolute Gasteiger partial charge is 0.391 e. The Hall–Kier alpha value is -0.600. The van der Waals surface area contributed by atoms with Gasteiger partial charge in [-0.2, -0.15) is 0 Å². The number of hydrogen-bond acceptors (Lipinski definition) is 5. The Labute approximate surface area is 126 Å². The van der Waals surface area contributed by atoms with E-state index in [0.717, 1.165) is 50.9 Å². The Bertz CT molecular complexity index is 429. The van der Waals surface area contributed by atoms with E-state index in [0.29, 0.717) is 6.54 Å². The fourth-order valence-electron chi connectivity index (χ4n) is 2.54. The topological polar surface area (TPSA) is 48.8 Å². The second-order valence-corrected chi connectivity index (χ2v) is 6.24. The highest BCUT2D eigenvalue weighted by Crippen LogP contribution is 2.25. The van der Waals surface area contributed by atoms with E-state index in [2.05, 4.69) is 44.5 Å². The van der Waals surface area contributed by atoms with E-state index in [1.807, 2.05) is 0 Å². The van der Waals surface area contributed by atoms with Crippen molar-refractivity contribution in [3.8, 4) is 0 Å². The molecule has 2 saturated heterocycles. The predicted molar refractivity (Wildman–Crippen MR) is 82.8 cm³/mol. The summed E-state index contributed by atoms with van der Waals surface area (Å²) in [5, 5.41) is 9.65. The lowest BCUT2D eigenvalue weighted by Gasteiger charge is -2.29. The molecule has 6 heteroatoms. The summed E-state index contributed by atoms with van der Waals surface area (Å²) in [6.07, 6.45) is 0.617. The highest BCUT2D eigenvalue weighted by Gasteiger charge is 2.23. The quantitative estimate of drug-likeness (QED) is 0.785. The normalized spacial score (nSPS) is 24.0. The molecule has 0 aliphatic carbocycles. The number of pyridine rings is 1. The van der Waals surface area contributed by atoms with E-state index < -0.39 is 0 Å². The Morgan fingerprint density at radius 1 is 1.16 bits per heavy atom. The summed E-state index contributed by atoms with van der Waals surface area (Å²) in [6.45, 7) is 4.91. The van der Waals surface area contributed by atoms with Crippen molar-refractivity contribution in [2.24, 2.45) is 0 Å². The average molecular weight is 375 g/mol. The number of rotatable bonds is 2. The van der Waals surface area contributed by atoms with Gasteiger partial charge in [-0.05, 0) is 41.1 Å². The lowest BCUT2D eigenvalue weighted by Crippen LogP contribution is -2.37. The van der Waals surface area contributed by atoms with Gasteiger partial charge in [-0.1, -0.05) is 0 Å². The molecule has 2 aliphatic heterocycles. The SMILES string of the molecule is OC1CCN(c2cc(I)cc(N3CCOCC3)n2)C1. The average Bonchev–Trinajstić information content (AvgIpc) is 2.86. The monoisotopic (exact) mass is 375 g/mol. The first-order chi connectivity index (χ1) is 9.22. The van der Waals surface area contributed by atoms with Crippen LogP contribution in [0.4, 0.5) is 11.6 Å². The van der Waals surface area contributed by atoms with Gasteiger partial charge in [-0.25, -0.2) is 4.98 Å². The molecule has 5 nitrogen and oxygen atoms in total. The number of hydrogen-bond donors (Lipinski definition) is 1. The van der Waals surface area contributed by atoms with Crippen LogP contribution in [-0.4, -0.2) is 55.6 Å². The minimum Gasteiger partial charge on any atom is -0.391 e. The lowest BCUT2D eigenvalue weighted by molar-refractivity contribution is 0.122. The molecule has 0 radical (unpaired) electrons. The summed E-state index contributed by atoms with van der Waals surface area (Å²) in [6, 6.07) is 4.20. The van der Waals surface area contributed by atoms with Gasteiger partial charge in [0.25, 0.3) is 0 Å². The van der Waals surface area contributed by atoms with E-state index in [1.165, 1.54) is 3.57 Å². The van der Waals surface area contributed by atoms with Gasteiger partial charge in [0.05, 0.1) is 19.3 Å². The summed E-state index contributed by atoms with van der Waals surface area (Å²) in [5.41, 5.74) is 0. The second kappa shape index (κ2) is 5.80. The van der Waals surface area contributed by atoms with Crippen LogP contribution in [0.15, 0.2) is 12.1 Å². The van der Waals surface area contributed by atoms with E-state index in [9.17, 15) is 5.11 Å². The van der Waals surface area contributed by atoms with Crippen LogP contribution in [0.25, 0.3) is 0 Å². The zero-order valence-corrected chi connectivity index (χ0v) is 12.9. The molecule has 3 rings (SSSR count). The number of halogens is 1. The molecule has 0 saturated carbocycles. The van der Waals surface area contributed by atoms with Crippen molar-refractivity contribution >= 4 is 34.2 Å². The number of nitrogens with zero attached hydrogens (tertiary/aromatic N) is 3. The fraction of sp³-hybridized carbons (Fsp3) is 0.615. The van der Waals surface area contributed by atoms with Gasteiger partial charge >= 0.3 is 0 Å². The molecule has 1 N–H and O–H groups in total. The molecule has 2 fully saturated rings. The van der Waals surface area contributed by atoms with Crippen molar-refractivity contribution in [3.05, 3.63) is 15.7 Å². The number of aliphatic hydroxyl groups excluding tert-OH is 1. The zero-order valence-electron chi connectivity index (χ0n) is 10.8. The van der Waals surface area contributed by atoms with Crippen molar-refractivity contribution in [1.29, 1.82) is 0 Å². The van der Waals surface area contributed by atoms with Crippen LogP contribution in [0.3, 0.4) is 0 Å². The zero-order chi connectivity index (χ0) is 13.2. The van der Waals surface area contributed by atoms with Gasteiger partial charge < -0.3 is 19.6 Å². The molecular formula is C13H18IN3O2. The summed E-state index contributed by atoms with van der Waals surface area (Å²) < 4.78 is 6.57. The lowest BCUT2D eigenvalue weighted by atomic mass is 10.3. The molecule has 2 aliphatic rings. The standard InChI is InChI=1S/C13H18IN3O2/c14-10-7-12(16-3-5-19-6-4-16)15-13(8-10)17-2-1-11(18)9-17/h7-8,11,18H,1-6,9H2. The van der Waals surface area contributed by atoms with E-state index in [4.69, 9.17) is 9.72 Å². The fourth-order valence-corrected chi connectivity index (χ4v) is 3.09. The minimum absolute atomic E-state index is 0.216. The Morgan fingerprint density at radius 2 is 1.84 bits per heavy atom. The van der Waals surface area contributed by atoms with Crippen LogP contribution < -0.4 is 9.80 Å². The Morgan fingerprint density at radius 3 is 2.47 bits per heavy atom. The number of aromatic nitrogens is 1. The second-order valence-electron chi connectivity index (χ2n) is 4.99. The third kappa shape index (κ3) is 3.11. The van der Waals surface area contributed by atoms with Crippen LogP contribution in [0.5, 0.6) is 0 Å². The van der Waals surface area contributed by atoms with E-state index >= 15 is 0 Å². The first-order valence-electron chi connectivity index (χ1n) is 6.66. The number of ether oxygens (including phenoxy) is 1. The van der Waals surface area contributed by atoms with Crippen molar-refractivity contribution in [1.82, 2.24) is 4.98 Å². The van der Waals surface area contributed by atoms with Crippen molar-refractivity contribution in [2.45, 2.75) is 12.5 Å². The predicted octanol–water partition coefficient (Wildman–Crippen LogP) is 1.09. The van der Waals surface area contributed by atoms with Crippen molar-refractivity contribution in [2.75, 3.05) is 49.2 Å². The number of β-amino-alcohol motifs (C(OH)–C–C–N with tert-alkyl or cyclic N) is 1. The molecule has 0 aromatic carbocycles. The summed E-state index contributed by atoms with van der Waals surface area (Å²) in [4.78, 5) is 9.18. The Balaban J connectivity index is 1.83. The minimum atomic E-state index is -0.216. The van der Waals surface area contributed by atoms with Gasteiger partial charge in [0, 0.05) is 29.7 Å². The van der Waals surface area contributed by atoms with Gasteiger partial charge in [0.15, 0.2) is 0 Å². The van der Waals surface area contributed by atoms with Crippen LogP contribution in [-0.2, 0) is 4.74 Å². The molecule has 0 amide bonds. The molecular weight excluding hydrogens is 357 g/mol. The number of aliphatic hydroxyl groups is 1. The van der Waals surface area contributed by atoms with Crippen molar-refractivity contribution < 1.29 is 9.84 Å². The Kier molecular flexibility index (Phi) is 4.09. The third-order valence-corrected chi connectivity index (χ3v) is 4.21. The maximum Gasteiger partial charge on any atom is 0.132 e. The van der Waals surface area contributed by atoms with Crippen LogP contribution in [0, 0.1) is 3.57 Å². The first kappa shape index (κ1) is 13.4. The summed E-state index contributed by atoms with van der Waals surface area (Å²) in [5.74, 6) is 2.00. The van der Waals surface area contributed by atoms with E-state index in [1.54, 1.807) is 0 Å². The number of morpholine rings is 1. The molecule has 0 spiro atoms. The van der Waals surface area contributed by atoms with Gasteiger partial charge in [0.2, 0.25) is 0 Å². The van der Waals surface area contributed by atoms with Crippen molar-refractivity contribution in [3.63, 3.8) is 0 Å². The molecule has 1 aromatic heterocycles. The first-order valence-corrected chi connectivity index (χ1v) is 7.73. The third-order valence-electron chi connectivity index (χ3n) is 3.59. The van der Waals surface area contributed by atoms with Crippen LogP contribution >= 0.6 is 22.6 Å². The highest BCUT2D eigenvalue weighted by molar-refractivity contribution is 14.1. The molecule has 1 aromatic rings. The number of anilines is 2. The molecule has 1 unspecified atom stereocenters. The molecule has 0 bridgehead atoms. The van der Waals surface area contributed by atoms with Crippen LogP contribution in [0.1, 0.15) is 6.42 Å². The molecule has 1 atom stereocenters. The summed E-state index contributed by atoms with van der Waals surface area (Å²) in [7, 11) is 0. The maximum absolute atomic E-state index is 9.65. The molecule has 104 valence electrons. The van der Waals surface area contributed by atoms with Gasteiger partial charge in [-0.3, -0.25) is 0 Å². The van der Waals surface area contributed by atoms with Gasteiger partial charge in [0.1, 0.15) is 11.6 Å². The van der Waals surface area contributed by atoms with Crippen LogP contribution in [0.2, 0.25) is 0 Å². The highest BCUT2D eigenvalue weighted by atomic mass is 127. The smallest absolute Gasteiger partial charge is 0.132 e. The molecule has 3 heterocycles. The summed E-state index contributed by atoms with van der Waals surface area (Å²) >= 11 is 2.33. The molecule has 19 heavy (non-hydrogen) atoms.